The van der Waals surface area contributed by atoms with Crippen LogP contribution in [0.5, 0.6) is 0 Å². The van der Waals surface area contributed by atoms with Crippen LogP contribution in [0.1, 0.15) is 41.0 Å². The number of hydrogen-bond donors (Lipinski definition) is 1. The third-order valence-electron chi connectivity index (χ3n) is 2.87. The molecular weight excluding hydrogens is 266 g/mol. The largest absolute Gasteiger partial charge is 0.477 e. The molecule has 0 aliphatic heterocycles. The smallest absolute Gasteiger partial charge is 0.343 e. The number of nitro benzene ring substituents is 1. The molecule has 0 aliphatic carbocycles. The molecule has 0 saturated heterocycles. The van der Waals surface area contributed by atoms with Crippen molar-refractivity contribution in [3.05, 3.63) is 39.4 Å². The lowest BCUT2D eigenvalue weighted by Crippen LogP contribution is -2.16. The first-order valence-corrected chi connectivity index (χ1v) is 6.06. The maximum atomic E-state index is 11.9. The Hall–Kier alpha value is -2.44. The van der Waals surface area contributed by atoms with Gasteiger partial charge in [-0.05, 0) is 12.0 Å². The number of carbonyl (C=O) groups is 2. The number of nitro groups is 1. The van der Waals surface area contributed by atoms with Crippen LogP contribution in [0.25, 0.3) is 0 Å². The first-order valence-electron chi connectivity index (χ1n) is 6.06. The Kier molecular flexibility index (Phi) is 5.19. The van der Waals surface area contributed by atoms with Crippen LogP contribution in [0, 0.1) is 16.0 Å². The van der Waals surface area contributed by atoms with Crippen LogP contribution in [-0.4, -0.2) is 28.6 Å². The minimum atomic E-state index is -1.53. The van der Waals surface area contributed by atoms with Gasteiger partial charge in [0.15, 0.2) is 5.56 Å². The molecule has 7 nitrogen and oxygen atoms in total. The minimum Gasteiger partial charge on any atom is -0.477 e. The lowest BCUT2D eigenvalue weighted by Gasteiger charge is -2.10. The maximum Gasteiger partial charge on any atom is 0.343 e. The number of hydrogen-bond acceptors (Lipinski definition) is 5. The lowest BCUT2D eigenvalue weighted by molar-refractivity contribution is -0.385. The number of aromatic carboxylic acids is 1. The van der Waals surface area contributed by atoms with Crippen molar-refractivity contribution in [1.82, 2.24) is 0 Å². The Morgan fingerprint density at radius 2 is 2.10 bits per heavy atom. The molecule has 0 spiro atoms. The number of rotatable bonds is 6. The molecule has 0 unspecified atom stereocenters. The van der Waals surface area contributed by atoms with E-state index in [2.05, 4.69) is 0 Å². The van der Waals surface area contributed by atoms with Crippen molar-refractivity contribution >= 4 is 17.6 Å². The van der Waals surface area contributed by atoms with E-state index in [0.717, 1.165) is 12.5 Å². The highest BCUT2D eigenvalue weighted by atomic mass is 16.6. The van der Waals surface area contributed by atoms with Crippen LogP contribution in [0.4, 0.5) is 5.69 Å². The van der Waals surface area contributed by atoms with Crippen molar-refractivity contribution in [1.29, 1.82) is 0 Å². The van der Waals surface area contributed by atoms with Gasteiger partial charge in [-0.3, -0.25) is 10.1 Å². The predicted octanol–water partition coefficient (Wildman–Crippen LogP) is 2.50. The van der Waals surface area contributed by atoms with Gasteiger partial charge in [-0.2, -0.15) is 0 Å². The molecule has 1 atom stereocenters. The molecule has 0 aliphatic rings. The molecule has 108 valence electrons. The number of carboxylic acids is 1. The molecule has 0 bridgehead atoms. The second-order valence-corrected chi connectivity index (χ2v) is 4.37. The standard InChI is InChI=1S/C13H15NO6/c1-3-8(2)7-20-13(17)9-5-4-6-10(14(18)19)11(9)12(15)16/h4-6,8H,3,7H2,1-2H3,(H,15,16)/t8-/m1/s1. The van der Waals surface area contributed by atoms with Crippen molar-refractivity contribution < 1.29 is 24.4 Å². The average Bonchev–Trinajstić information content (AvgIpc) is 2.43. The molecule has 0 radical (unpaired) electrons. The predicted molar refractivity (Wildman–Crippen MR) is 69.8 cm³/mol. The second kappa shape index (κ2) is 6.65. The summed E-state index contributed by atoms with van der Waals surface area (Å²) in [6.07, 6.45) is 0.800. The van der Waals surface area contributed by atoms with Crippen molar-refractivity contribution in [2.75, 3.05) is 6.61 Å². The van der Waals surface area contributed by atoms with Gasteiger partial charge in [0.25, 0.3) is 5.69 Å². The van der Waals surface area contributed by atoms with Gasteiger partial charge in [-0.15, -0.1) is 0 Å². The summed E-state index contributed by atoms with van der Waals surface area (Å²) in [6, 6.07) is 3.49. The third-order valence-corrected chi connectivity index (χ3v) is 2.87. The van der Waals surface area contributed by atoms with Gasteiger partial charge in [-0.1, -0.05) is 26.3 Å². The van der Waals surface area contributed by atoms with Gasteiger partial charge in [0.2, 0.25) is 0 Å². The Morgan fingerprint density at radius 1 is 1.45 bits per heavy atom. The van der Waals surface area contributed by atoms with Crippen LogP contribution in [0.2, 0.25) is 0 Å². The summed E-state index contributed by atoms with van der Waals surface area (Å²) in [4.78, 5) is 33.0. The fourth-order valence-corrected chi connectivity index (χ4v) is 1.50. The summed E-state index contributed by atoms with van der Waals surface area (Å²) >= 11 is 0. The molecule has 0 amide bonds. The monoisotopic (exact) mass is 281 g/mol. The first-order chi connectivity index (χ1) is 9.38. The molecule has 1 aromatic rings. The molecule has 0 aromatic heterocycles. The van der Waals surface area contributed by atoms with E-state index in [1.165, 1.54) is 12.1 Å². The summed E-state index contributed by atoms with van der Waals surface area (Å²) < 4.78 is 4.98. The quantitative estimate of drug-likeness (QED) is 0.487. The fourth-order valence-electron chi connectivity index (χ4n) is 1.50. The zero-order valence-corrected chi connectivity index (χ0v) is 11.2. The van der Waals surface area contributed by atoms with Crippen molar-refractivity contribution in [3.63, 3.8) is 0 Å². The van der Waals surface area contributed by atoms with Crippen molar-refractivity contribution in [2.45, 2.75) is 20.3 Å². The van der Waals surface area contributed by atoms with E-state index in [-0.39, 0.29) is 18.1 Å². The summed E-state index contributed by atoms with van der Waals surface area (Å²) in [5.41, 5.74) is -1.59. The number of benzene rings is 1. The molecular formula is C13H15NO6. The van der Waals surface area contributed by atoms with E-state index < -0.39 is 28.1 Å². The molecule has 7 heteroatoms. The van der Waals surface area contributed by atoms with Gasteiger partial charge in [0.05, 0.1) is 17.1 Å². The summed E-state index contributed by atoms with van der Waals surface area (Å²) in [5.74, 6) is -2.27. The highest BCUT2D eigenvalue weighted by molar-refractivity contribution is 6.05. The number of carbonyl (C=O) groups excluding carboxylic acids is 1. The molecule has 1 aromatic carbocycles. The molecule has 1 rings (SSSR count). The van der Waals surface area contributed by atoms with Gasteiger partial charge >= 0.3 is 11.9 Å². The zero-order chi connectivity index (χ0) is 15.3. The first kappa shape index (κ1) is 15.6. The van der Waals surface area contributed by atoms with Crippen LogP contribution >= 0.6 is 0 Å². The highest BCUT2D eigenvalue weighted by Gasteiger charge is 2.27. The topological polar surface area (TPSA) is 107 Å². The van der Waals surface area contributed by atoms with Crippen LogP contribution in [0.3, 0.4) is 0 Å². The zero-order valence-electron chi connectivity index (χ0n) is 11.2. The Bertz CT molecular complexity index is 540. The van der Waals surface area contributed by atoms with Crippen LogP contribution < -0.4 is 0 Å². The SMILES string of the molecule is CC[C@@H](C)COC(=O)c1cccc([N+](=O)[O-])c1C(=O)O. The molecule has 0 heterocycles. The van der Waals surface area contributed by atoms with E-state index >= 15 is 0 Å². The molecule has 1 N–H and O–H groups in total. The van der Waals surface area contributed by atoms with Gasteiger partial charge in [0.1, 0.15) is 0 Å². The van der Waals surface area contributed by atoms with Crippen LogP contribution in [0.15, 0.2) is 18.2 Å². The minimum absolute atomic E-state index is 0.130. The Balaban J connectivity index is 3.11. The number of carboxylic acid groups (broad SMARTS) is 1. The van der Waals surface area contributed by atoms with Gasteiger partial charge < -0.3 is 9.84 Å². The van der Waals surface area contributed by atoms with Crippen LogP contribution in [-0.2, 0) is 4.74 Å². The van der Waals surface area contributed by atoms with E-state index in [1.54, 1.807) is 0 Å². The van der Waals surface area contributed by atoms with E-state index in [1.807, 2.05) is 13.8 Å². The normalized spacial score (nSPS) is 11.7. The summed E-state index contributed by atoms with van der Waals surface area (Å²) in [7, 11) is 0. The number of esters is 1. The second-order valence-electron chi connectivity index (χ2n) is 4.37. The molecule has 20 heavy (non-hydrogen) atoms. The van der Waals surface area contributed by atoms with E-state index in [4.69, 9.17) is 9.84 Å². The highest BCUT2D eigenvalue weighted by Crippen LogP contribution is 2.23. The van der Waals surface area contributed by atoms with Crippen molar-refractivity contribution in [3.8, 4) is 0 Å². The van der Waals surface area contributed by atoms with E-state index in [9.17, 15) is 19.7 Å². The Morgan fingerprint density at radius 3 is 2.60 bits per heavy atom. The third kappa shape index (κ3) is 3.53. The fraction of sp³-hybridized carbons (Fsp3) is 0.385. The molecule has 0 fully saturated rings. The number of nitrogens with zero attached hydrogens (tertiary/aromatic N) is 1. The maximum absolute atomic E-state index is 11.9. The van der Waals surface area contributed by atoms with E-state index in [0.29, 0.717) is 0 Å². The van der Waals surface area contributed by atoms with Gasteiger partial charge in [0, 0.05) is 6.07 Å². The average molecular weight is 281 g/mol. The summed E-state index contributed by atoms with van der Waals surface area (Å²) in [6.45, 7) is 3.93. The lowest BCUT2D eigenvalue weighted by atomic mass is 10.1. The summed E-state index contributed by atoms with van der Waals surface area (Å²) in [5, 5.41) is 19.9. The van der Waals surface area contributed by atoms with Gasteiger partial charge in [-0.25, -0.2) is 9.59 Å². The van der Waals surface area contributed by atoms with Crippen molar-refractivity contribution in [2.24, 2.45) is 5.92 Å². The Labute approximate surface area is 115 Å². The molecule has 0 saturated carbocycles. The number of ether oxygens (including phenoxy) is 1.